The molecule has 3 rings (SSSR count). The van der Waals surface area contributed by atoms with Crippen molar-refractivity contribution in [2.45, 2.75) is 37.6 Å². The molecule has 2 aromatic carbocycles. The number of aromatic nitrogens is 2. The second kappa shape index (κ2) is 9.91. The molecule has 0 bridgehead atoms. The first-order valence-electron chi connectivity index (χ1n) is 9.69. The van der Waals surface area contributed by atoms with Crippen LogP contribution in [0.2, 0.25) is 0 Å². The average Bonchev–Trinajstić information content (AvgIpc) is 2.73. The van der Waals surface area contributed by atoms with Gasteiger partial charge in [-0.2, -0.15) is 4.98 Å². The van der Waals surface area contributed by atoms with Gasteiger partial charge in [-0.25, -0.2) is 4.98 Å². The normalized spacial score (nSPS) is 12.3. The van der Waals surface area contributed by atoms with Gasteiger partial charge in [-0.3, -0.25) is 0 Å². The molecule has 0 aliphatic heterocycles. The van der Waals surface area contributed by atoms with Crippen LogP contribution in [-0.4, -0.2) is 28.6 Å². The van der Waals surface area contributed by atoms with Gasteiger partial charge in [0.2, 0.25) is 5.95 Å². The van der Waals surface area contributed by atoms with Gasteiger partial charge in [0, 0.05) is 22.6 Å². The molecule has 1 aromatic heterocycles. The summed E-state index contributed by atoms with van der Waals surface area (Å²) >= 11 is 1.60. The zero-order chi connectivity index (χ0) is 22.4. The minimum absolute atomic E-state index is 0.126. The van der Waals surface area contributed by atoms with Crippen molar-refractivity contribution in [1.82, 2.24) is 9.97 Å². The monoisotopic (exact) mass is 448 g/mol. The largest absolute Gasteiger partial charge is 0.573 e. The first-order chi connectivity index (χ1) is 14.8. The van der Waals surface area contributed by atoms with Crippen LogP contribution in [0.3, 0.4) is 0 Å². The van der Waals surface area contributed by atoms with Gasteiger partial charge in [0.1, 0.15) is 11.6 Å². The number of ether oxygens (including phenoxy) is 1. The molecule has 1 atom stereocenters. The predicted molar refractivity (Wildman–Crippen MR) is 119 cm³/mol. The van der Waals surface area contributed by atoms with Crippen molar-refractivity contribution in [2.24, 2.45) is 0 Å². The van der Waals surface area contributed by atoms with Gasteiger partial charge in [0.25, 0.3) is 0 Å². The third kappa shape index (κ3) is 6.52. The van der Waals surface area contributed by atoms with Gasteiger partial charge in [-0.05, 0) is 43.9 Å². The van der Waals surface area contributed by atoms with Gasteiger partial charge < -0.3 is 15.4 Å². The summed E-state index contributed by atoms with van der Waals surface area (Å²) in [7, 11) is 0. The van der Waals surface area contributed by atoms with Crippen LogP contribution in [0.5, 0.6) is 5.75 Å². The minimum atomic E-state index is -4.76. The standard InChI is InChI=1S/C22H23F3N4OS/c1-4-14(2)26-21-28-18(15-8-7-9-16(12-15)30-22(23,24)25)13-20(29-21)27-17-10-5-6-11-19(17)31-3/h5-14H,4H2,1-3H3,(H2,26,27,28,29)/t14-/m1/s1. The number of halogens is 3. The fourth-order valence-corrected chi connectivity index (χ4v) is 3.34. The maximum atomic E-state index is 12.6. The second-order valence-electron chi connectivity index (χ2n) is 6.82. The summed E-state index contributed by atoms with van der Waals surface area (Å²) in [6.07, 6.45) is -1.92. The number of hydrogen-bond donors (Lipinski definition) is 2. The Balaban J connectivity index is 2.00. The third-order valence-corrected chi connectivity index (χ3v) is 5.24. The highest BCUT2D eigenvalue weighted by Gasteiger charge is 2.31. The molecule has 9 heteroatoms. The molecule has 0 amide bonds. The van der Waals surface area contributed by atoms with Crippen molar-refractivity contribution < 1.29 is 17.9 Å². The second-order valence-corrected chi connectivity index (χ2v) is 7.66. The number of anilines is 3. The van der Waals surface area contributed by atoms with E-state index in [-0.39, 0.29) is 11.8 Å². The van der Waals surface area contributed by atoms with E-state index in [1.807, 2.05) is 44.4 Å². The highest BCUT2D eigenvalue weighted by atomic mass is 32.2. The van der Waals surface area contributed by atoms with Gasteiger partial charge in [0.15, 0.2) is 0 Å². The number of nitrogens with zero attached hydrogens (tertiary/aromatic N) is 2. The van der Waals surface area contributed by atoms with Crippen molar-refractivity contribution >= 4 is 29.2 Å². The first-order valence-corrected chi connectivity index (χ1v) is 10.9. The number of rotatable bonds is 8. The Morgan fingerprint density at radius 3 is 2.55 bits per heavy atom. The number of para-hydroxylation sites is 1. The summed E-state index contributed by atoms with van der Waals surface area (Å²) in [6, 6.07) is 15.4. The van der Waals surface area contributed by atoms with Crippen LogP contribution in [0.1, 0.15) is 20.3 Å². The molecule has 0 unspecified atom stereocenters. The lowest BCUT2D eigenvalue weighted by Gasteiger charge is -2.16. The summed E-state index contributed by atoms with van der Waals surface area (Å²) in [4.78, 5) is 10.1. The Kier molecular flexibility index (Phi) is 7.27. The Labute approximate surface area is 183 Å². The highest BCUT2D eigenvalue weighted by molar-refractivity contribution is 7.98. The molecule has 0 saturated heterocycles. The smallest absolute Gasteiger partial charge is 0.406 e. The van der Waals surface area contributed by atoms with Crippen molar-refractivity contribution in [1.29, 1.82) is 0 Å². The summed E-state index contributed by atoms with van der Waals surface area (Å²) in [5, 5.41) is 6.53. The number of thioether (sulfide) groups is 1. The van der Waals surface area contributed by atoms with Gasteiger partial charge >= 0.3 is 6.36 Å². The highest BCUT2D eigenvalue weighted by Crippen LogP contribution is 2.31. The van der Waals surface area contributed by atoms with Gasteiger partial charge in [-0.15, -0.1) is 24.9 Å². The zero-order valence-electron chi connectivity index (χ0n) is 17.3. The first kappa shape index (κ1) is 22.7. The van der Waals surface area contributed by atoms with Crippen LogP contribution in [0.25, 0.3) is 11.3 Å². The number of benzene rings is 2. The molecule has 0 aliphatic carbocycles. The van der Waals surface area contributed by atoms with Gasteiger partial charge in [0.05, 0.1) is 11.4 Å². The lowest BCUT2D eigenvalue weighted by atomic mass is 10.1. The van der Waals surface area contributed by atoms with Crippen molar-refractivity contribution in [2.75, 3.05) is 16.9 Å². The number of hydrogen-bond acceptors (Lipinski definition) is 6. The Morgan fingerprint density at radius 2 is 1.84 bits per heavy atom. The molecule has 0 radical (unpaired) electrons. The van der Waals surface area contributed by atoms with Crippen molar-refractivity contribution in [3.05, 3.63) is 54.6 Å². The summed E-state index contributed by atoms with van der Waals surface area (Å²) in [6.45, 7) is 4.04. The van der Waals surface area contributed by atoms with Crippen LogP contribution in [-0.2, 0) is 0 Å². The average molecular weight is 449 g/mol. The molecule has 164 valence electrons. The van der Waals surface area contributed by atoms with Crippen LogP contribution in [0, 0.1) is 0 Å². The van der Waals surface area contributed by atoms with Crippen LogP contribution in [0.4, 0.5) is 30.6 Å². The summed E-state index contributed by atoms with van der Waals surface area (Å²) in [5.41, 5.74) is 1.83. The number of alkyl halides is 3. The molecule has 0 spiro atoms. The Bertz CT molecular complexity index is 1030. The van der Waals surface area contributed by atoms with E-state index >= 15 is 0 Å². The maximum Gasteiger partial charge on any atom is 0.573 e. The molecule has 1 heterocycles. The van der Waals surface area contributed by atoms with E-state index in [4.69, 9.17) is 0 Å². The van der Waals surface area contributed by atoms with E-state index in [9.17, 15) is 13.2 Å². The fourth-order valence-electron chi connectivity index (χ4n) is 2.78. The molecule has 2 N–H and O–H groups in total. The van der Waals surface area contributed by atoms with Crippen LogP contribution in [0.15, 0.2) is 59.5 Å². The Morgan fingerprint density at radius 1 is 1.06 bits per heavy atom. The Hall–Kier alpha value is -2.94. The molecule has 0 aliphatic rings. The van der Waals surface area contributed by atoms with E-state index < -0.39 is 6.36 Å². The van der Waals surface area contributed by atoms with E-state index in [1.165, 1.54) is 18.2 Å². The minimum Gasteiger partial charge on any atom is -0.406 e. The SMILES string of the molecule is CC[C@@H](C)Nc1nc(Nc2ccccc2SC)cc(-c2cccc(OC(F)(F)F)c2)n1. The lowest BCUT2D eigenvalue weighted by molar-refractivity contribution is -0.274. The van der Waals surface area contributed by atoms with E-state index in [0.29, 0.717) is 23.0 Å². The molecule has 3 aromatic rings. The molecule has 5 nitrogen and oxygen atoms in total. The van der Waals surface area contributed by atoms with E-state index in [1.54, 1.807) is 23.9 Å². The van der Waals surface area contributed by atoms with E-state index in [2.05, 4.69) is 25.3 Å². The molecular weight excluding hydrogens is 425 g/mol. The molecule has 0 saturated carbocycles. The fraction of sp³-hybridized carbons (Fsp3) is 0.273. The van der Waals surface area contributed by atoms with Gasteiger partial charge in [-0.1, -0.05) is 31.2 Å². The molecular formula is C22H23F3N4OS. The van der Waals surface area contributed by atoms with Crippen LogP contribution < -0.4 is 15.4 Å². The number of nitrogens with one attached hydrogen (secondary N) is 2. The topological polar surface area (TPSA) is 59.1 Å². The lowest BCUT2D eigenvalue weighted by Crippen LogP contribution is -2.17. The zero-order valence-corrected chi connectivity index (χ0v) is 18.1. The van der Waals surface area contributed by atoms with Crippen molar-refractivity contribution in [3.63, 3.8) is 0 Å². The maximum absolute atomic E-state index is 12.6. The summed E-state index contributed by atoms with van der Waals surface area (Å²) in [5.74, 6) is 0.611. The quantitative estimate of drug-likeness (QED) is 0.373. The molecule has 0 fully saturated rings. The predicted octanol–water partition coefficient (Wildman–Crippen LogP) is 6.72. The van der Waals surface area contributed by atoms with E-state index in [0.717, 1.165) is 17.0 Å². The van der Waals surface area contributed by atoms with Crippen LogP contribution >= 0.6 is 11.8 Å². The van der Waals surface area contributed by atoms with Crippen molar-refractivity contribution in [3.8, 4) is 17.0 Å². The third-order valence-electron chi connectivity index (χ3n) is 4.45. The molecule has 31 heavy (non-hydrogen) atoms. The summed E-state index contributed by atoms with van der Waals surface area (Å²) < 4.78 is 41.9.